The second-order valence-corrected chi connectivity index (χ2v) is 7.49. The van der Waals surface area contributed by atoms with Crippen LogP contribution in [0.25, 0.3) is 0 Å². The second kappa shape index (κ2) is 9.57. The molecule has 3 rings (SSSR count). The van der Waals surface area contributed by atoms with Gasteiger partial charge in [-0.3, -0.25) is 0 Å². The van der Waals surface area contributed by atoms with Crippen molar-refractivity contribution in [3.05, 3.63) is 48.3 Å². The van der Waals surface area contributed by atoms with E-state index in [4.69, 9.17) is 4.99 Å². The highest BCUT2D eigenvalue weighted by Crippen LogP contribution is 2.20. The maximum Gasteiger partial charge on any atom is 0.194 e. The highest BCUT2D eigenvalue weighted by Gasteiger charge is 2.21. The van der Waals surface area contributed by atoms with Gasteiger partial charge in [-0.2, -0.15) is 0 Å². The van der Waals surface area contributed by atoms with Gasteiger partial charge in [-0.15, -0.1) is 0 Å². The molecule has 0 spiro atoms. The van der Waals surface area contributed by atoms with Crippen molar-refractivity contribution in [1.82, 2.24) is 19.8 Å². The molecule has 1 fully saturated rings. The van der Waals surface area contributed by atoms with Gasteiger partial charge in [-0.05, 0) is 25.0 Å². The van der Waals surface area contributed by atoms with Crippen LogP contribution in [0.1, 0.15) is 26.6 Å². The summed E-state index contributed by atoms with van der Waals surface area (Å²) in [7, 11) is 0. The number of halogens is 1. The first-order chi connectivity index (χ1) is 13.6. The minimum Gasteiger partial charge on any atom is -0.366 e. The smallest absolute Gasteiger partial charge is 0.194 e. The molecule has 28 heavy (non-hydrogen) atoms. The lowest BCUT2D eigenvalue weighted by Gasteiger charge is -2.37. The lowest BCUT2D eigenvalue weighted by atomic mass is 10.2. The zero-order valence-corrected chi connectivity index (χ0v) is 17.1. The second-order valence-electron chi connectivity index (χ2n) is 7.49. The number of nitrogens with zero attached hydrogens (tertiary/aromatic N) is 5. The summed E-state index contributed by atoms with van der Waals surface area (Å²) in [5, 5.41) is 3.39. The zero-order valence-electron chi connectivity index (χ0n) is 17.1. The van der Waals surface area contributed by atoms with Crippen LogP contribution in [0.5, 0.6) is 0 Å². The molecular formula is C21H31FN6. The molecule has 1 aromatic carbocycles. The molecule has 0 atom stereocenters. The highest BCUT2D eigenvalue weighted by atomic mass is 19.1. The van der Waals surface area contributed by atoms with Gasteiger partial charge in [0, 0.05) is 51.7 Å². The predicted molar refractivity (Wildman–Crippen MR) is 112 cm³/mol. The number of anilines is 1. The average Bonchev–Trinajstić information content (AvgIpc) is 3.12. The third kappa shape index (κ3) is 5.03. The van der Waals surface area contributed by atoms with Crippen molar-refractivity contribution in [3.8, 4) is 0 Å². The summed E-state index contributed by atoms with van der Waals surface area (Å²) >= 11 is 0. The fourth-order valence-corrected chi connectivity index (χ4v) is 3.49. The average molecular weight is 387 g/mol. The van der Waals surface area contributed by atoms with Crippen molar-refractivity contribution in [2.75, 3.05) is 37.6 Å². The quantitative estimate of drug-likeness (QED) is 0.613. The molecule has 1 N–H and O–H groups in total. The van der Waals surface area contributed by atoms with Crippen LogP contribution in [0, 0.1) is 11.7 Å². The van der Waals surface area contributed by atoms with Crippen LogP contribution in [-0.4, -0.2) is 53.1 Å². The van der Waals surface area contributed by atoms with E-state index in [0.717, 1.165) is 51.1 Å². The predicted octanol–water partition coefficient (Wildman–Crippen LogP) is 2.97. The Morgan fingerprint density at radius 3 is 2.64 bits per heavy atom. The van der Waals surface area contributed by atoms with Crippen LogP contribution >= 0.6 is 0 Å². The maximum absolute atomic E-state index is 14.1. The number of aliphatic imine (C=N–C) groups is 1. The van der Waals surface area contributed by atoms with Crippen LogP contribution in [0.4, 0.5) is 10.1 Å². The van der Waals surface area contributed by atoms with Crippen LogP contribution in [0.2, 0.25) is 0 Å². The van der Waals surface area contributed by atoms with Gasteiger partial charge < -0.3 is 19.7 Å². The SMILES string of the molecule is CCNC(=NCc1nccn1CC(C)C)N1CCN(c2ccccc2F)CC1. The van der Waals surface area contributed by atoms with E-state index < -0.39 is 0 Å². The first-order valence-electron chi connectivity index (χ1n) is 10.1. The monoisotopic (exact) mass is 386 g/mol. The normalized spacial score (nSPS) is 15.4. The Morgan fingerprint density at radius 1 is 1.21 bits per heavy atom. The summed E-state index contributed by atoms with van der Waals surface area (Å²) in [4.78, 5) is 13.6. The van der Waals surface area contributed by atoms with Gasteiger partial charge in [0.2, 0.25) is 0 Å². The molecule has 7 heteroatoms. The van der Waals surface area contributed by atoms with Gasteiger partial charge in [0.15, 0.2) is 5.96 Å². The van der Waals surface area contributed by atoms with E-state index in [-0.39, 0.29) is 5.82 Å². The number of hydrogen-bond acceptors (Lipinski definition) is 3. The number of imidazole rings is 1. The molecule has 2 heterocycles. The van der Waals surface area contributed by atoms with Gasteiger partial charge in [0.1, 0.15) is 18.2 Å². The zero-order chi connectivity index (χ0) is 19.9. The van der Waals surface area contributed by atoms with E-state index in [9.17, 15) is 4.39 Å². The highest BCUT2D eigenvalue weighted by molar-refractivity contribution is 5.80. The Labute approximate surface area is 167 Å². The molecule has 1 aliphatic rings. The summed E-state index contributed by atoms with van der Waals surface area (Å²) in [5.41, 5.74) is 0.680. The molecule has 1 aliphatic heterocycles. The minimum absolute atomic E-state index is 0.159. The molecule has 2 aromatic rings. The number of para-hydroxylation sites is 1. The number of benzene rings is 1. The van der Waals surface area contributed by atoms with E-state index in [2.05, 4.69) is 45.4 Å². The van der Waals surface area contributed by atoms with E-state index in [1.807, 2.05) is 24.5 Å². The summed E-state index contributed by atoms with van der Waals surface area (Å²) in [6, 6.07) is 6.98. The molecular weight excluding hydrogens is 355 g/mol. The van der Waals surface area contributed by atoms with E-state index in [1.54, 1.807) is 6.07 Å². The lowest BCUT2D eigenvalue weighted by molar-refractivity contribution is 0.370. The Bertz CT molecular complexity index is 777. The molecule has 1 saturated heterocycles. The number of hydrogen-bond donors (Lipinski definition) is 1. The van der Waals surface area contributed by atoms with Crippen LogP contribution in [0.15, 0.2) is 41.7 Å². The van der Waals surface area contributed by atoms with Crippen molar-refractivity contribution in [3.63, 3.8) is 0 Å². The number of rotatable bonds is 6. The first kappa shape index (κ1) is 20.2. The standard InChI is InChI=1S/C21H31FN6/c1-4-23-21(25-15-20-24-9-10-28(20)16-17(2)3)27-13-11-26(12-14-27)19-8-6-5-7-18(19)22/h5-10,17H,4,11-16H2,1-3H3,(H,23,25). The van der Waals surface area contributed by atoms with Crippen molar-refractivity contribution in [1.29, 1.82) is 0 Å². The molecule has 1 aromatic heterocycles. The number of aromatic nitrogens is 2. The Balaban J connectivity index is 1.64. The Morgan fingerprint density at radius 2 is 1.96 bits per heavy atom. The van der Waals surface area contributed by atoms with Gasteiger partial charge >= 0.3 is 0 Å². The Kier molecular flexibility index (Phi) is 6.90. The van der Waals surface area contributed by atoms with Crippen LogP contribution in [0.3, 0.4) is 0 Å². The van der Waals surface area contributed by atoms with Crippen LogP contribution in [-0.2, 0) is 13.1 Å². The molecule has 0 amide bonds. The van der Waals surface area contributed by atoms with E-state index in [0.29, 0.717) is 18.2 Å². The Hall–Kier alpha value is -2.57. The summed E-state index contributed by atoms with van der Waals surface area (Å²) in [6.45, 7) is 11.9. The number of guanidine groups is 1. The minimum atomic E-state index is -0.159. The summed E-state index contributed by atoms with van der Waals surface area (Å²) in [6.07, 6.45) is 3.86. The largest absolute Gasteiger partial charge is 0.366 e. The van der Waals surface area contributed by atoms with E-state index in [1.165, 1.54) is 6.07 Å². The summed E-state index contributed by atoms with van der Waals surface area (Å²) < 4.78 is 16.2. The van der Waals surface area contributed by atoms with Gasteiger partial charge in [-0.1, -0.05) is 26.0 Å². The first-order valence-corrected chi connectivity index (χ1v) is 10.1. The third-order valence-electron chi connectivity index (χ3n) is 4.84. The van der Waals surface area contributed by atoms with Crippen molar-refractivity contribution >= 4 is 11.6 Å². The number of nitrogens with one attached hydrogen (secondary N) is 1. The molecule has 0 radical (unpaired) electrons. The molecule has 152 valence electrons. The molecule has 0 unspecified atom stereocenters. The maximum atomic E-state index is 14.1. The lowest BCUT2D eigenvalue weighted by Crippen LogP contribution is -2.52. The fraction of sp³-hybridized carbons (Fsp3) is 0.524. The molecule has 0 saturated carbocycles. The van der Waals surface area contributed by atoms with Crippen LogP contribution < -0.4 is 10.2 Å². The van der Waals surface area contributed by atoms with Gasteiger partial charge in [-0.25, -0.2) is 14.4 Å². The van der Waals surface area contributed by atoms with Gasteiger partial charge in [0.25, 0.3) is 0 Å². The molecule has 0 bridgehead atoms. The van der Waals surface area contributed by atoms with Crippen molar-refractivity contribution in [2.45, 2.75) is 33.9 Å². The topological polar surface area (TPSA) is 48.7 Å². The number of piperazine rings is 1. The summed E-state index contributed by atoms with van der Waals surface area (Å²) in [5.74, 6) is 2.29. The fourth-order valence-electron chi connectivity index (χ4n) is 3.49. The molecule has 6 nitrogen and oxygen atoms in total. The van der Waals surface area contributed by atoms with Crippen molar-refractivity contribution in [2.24, 2.45) is 10.9 Å². The molecule has 0 aliphatic carbocycles. The van der Waals surface area contributed by atoms with Gasteiger partial charge in [0.05, 0.1) is 5.69 Å². The third-order valence-corrected chi connectivity index (χ3v) is 4.84. The van der Waals surface area contributed by atoms with Crippen molar-refractivity contribution < 1.29 is 4.39 Å². The van der Waals surface area contributed by atoms with E-state index >= 15 is 0 Å².